The van der Waals surface area contributed by atoms with Crippen molar-refractivity contribution in [3.63, 3.8) is 0 Å². The number of esters is 2. The first-order valence-corrected chi connectivity index (χ1v) is 34.2. The van der Waals surface area contributed by atoms with Crippen LogP contribution in [-0.2, 0) is 46.3 Å². The fourth-order valence-electron chi connectivity index (χ4n) is 10.8. The smallest absolute Gasteiger partial charge is 0.306 e. The normalized spacial score (nSPS) is 12.9. The standard InChI is InChI=1S/C66H122N12O8/c1-4-7-10-13-16-17-18-24-34-46-85-61(80)40-29-25-33-45-78(44-32-23-19-22-28-41-62(81)86-57(37-26-20-14-11-8-5-2)38-27-21-15-12-9-6-3)51-56(79)36-30-31-42-72-64(83)60(48-55-50-71-53-75-55)77-65(84)59(39-35-43-73-66(68)69)76-63(82)58(67)47-54-49-70-52-74-54/h49-50,52-53,56-60,79H,4-48,51,67H2,1-3H3,(H,70,74)(H,71,75)(H,72,83)(H,76,82)(H,77,84)(H4,68,69,73)/t56?,58-,59+,60+/m1/s1. The van der Waals surface area contributed by atoms with Crippen LogP contribution in [0.4, 0.5) is 0 Å². The molecule has 1 unspecified atom stereocenters. The van der Waals surface area contributed by atoms with Crippen molar-refractivity contribution in [3.8, 4) is 0 Å². The number of imidazole rings is 2. The van der Waals surface area contributed by atoms with Gasteiger partial charge in [-0.05, 0) is 103 Å². The Morgan fingerprint density at radius 1 is 0.558 bits per heavy atom. The van der Waals surface area contributed by atoms with Gasteiger partial charge in [-0.15, -0.1) is 0 Å². The Hall–Kier alpha value is -5.08. The van der Waals surface area contributed by atoms with Gasteiger partial charge in [0, 0.05) is 69.1 Å². The Morgan fingerprint density at radius 2 is 1.05 bits per heavy atom. The summed E-state index contributed by atoms with van der Waals surface area (Å²) in [6, 6.07) is -3.00. The number of aliphatic hydroxyl groups excluding tert-OH is 1. The topological polar surface area (TPSA) is 311 Å². The number of carbonyl (C=O) groups is 5. The van der Waals surface area contributed by atoms with E-state index in [1.165, 1.54) is 122 Å². The molecule has 20 heteroatoms. The number of nitrogens with two attached hydrogens (primary N) is 3. The van der Waals surface area contributed by atoms with Gasteiger partial charge >= 0.3 is 11.9 Å². The lowest BCUT2D eigenvalue weighted by Gasteiger charge is -2.25. The number of aliphatic imine (C=N–C) groups is 1. The van der Waals surface area contributed by atoms with E-state index >= 15 is 0 Å². The lowest BCUT2D eigenvalue weighted by Crippen LogP contribution is -2.56. The van der Waals surface area contributed by atoms with Crippen molar-refractivity contribution in [2.75, 3.05) is 39.3 Å². The molecule has 0 aromatic carbocycles. The molecule has 0 saturated carbocycles. The summed E-state index contributed by atoms with van der Waals surface area (Å²) >= 11 is 0. The Kier molecular flexibility index (Phi) is 47.5. The number of aromatic nitrogens is 4. The number of ether oxygens (including phenoxy) is 2. The zero-order chi connectivity index (χ0) is 62.5. The number of hydrogen-bond donors (Lipinski definition) is 9. The summed E-state index contributed by atoms with van der Waals surface area (Å²) < 4.78 is 11.7. The molecule has 2 aromatic rings. The summed E-state index contributed by atoms with van der Waals surface area (Å²) in [5.41, 5.74) is 18.5. The number of H-pyrrole nitrogens is 2. The molecule has 86 heavy (non-hydrogen) atoms. The van der Waals surface area contributed by atoms with Crippen molar-refractivity contribution in [3.05, 3.63) is 36.4 Å². The van der Waals surface area contributed by atoms with Gasteiger partial charge in [-0.3, -0.25) is 29.0 Å². The minimum atomic E-state index is -1.04. The number of rotatable bonds is 59. The van der Waals surface area contributed by atoms with E-state index in [0.29, 0.717) is 69.6 Å². The molecule has 0 bridgehead atoms. The highest BCUT2D eigenvalue weighted by Gasteiger charge is 2.29. The maximum Gasteiger partial charge on any atom is 0.306 e. The molecule has 2 aromatic heterocycles. The molecule has 3 amide bonds. The molecule has 2 rings (SSSR count). The largest absolute Gasteiger partial charge is 0.466 e. The van der Waals surface area contributed by atoms with Crippen molar-refractivity contribution in [1.82, 2.24) is 40.8 Å². The highest BCUT2D eigenvalue weighted by molar-refractivity contribution is 5.93. The number of guanidine groups is 1. The molecule has 2 heterocycles. The summed E-state index contributed by atoms with van der Waals surface area (Å²) in [6.45, 7) is 9.96. The number of unbranched alkanes of at least 4 members (excludes halogenated alkanes) is 25. The molecule has 0 aliphatic carbocycles. The second-order valence-electron chi connectivity index (χ2n) is 24.1. The zero-order valence-corrected chi connectivity index (χ0v) is 54.0. The number of aliphatic hydroxyl groups is 1. The van der Waals surface area contributed by atoms with Crippen molar-refractivity contribution in [2.45, 2.75) is 308 Å². The quantitative estimate of drug-likeness (QED) is 0.0129. The SMILES string of the molecule is CCCCCCCCCCCOC(=O)CCCCCN(CCCCCCCC(=O)OC(CCCCCCCC)CCCCCCCC)CC(O)CCCCNC(=O)[C@H](Cc1cnc[nH]1)NC(=O)[C@H](CCCN=C(N)N)NC(=O)[C@H](N)Cc1cnc[nH]1. The number of hydrogen-bond acceptors (Lipinski definition) is 13. The first-order chi connectivity index (χ1) is 41.8. The summed E-state index contributed by atoms with van der Waals surface area (Å²) in [7, 11) is 0. The molecule has 0 aliphatic heterocycles. The van der Waals surface area contributed by atoms with Crippen LogP contribution in [0.25, 0.3) is 0 Å². The Balaban J connectivity index is 1.92. The molecule has 494 valence electrons. The lowest BCUT2D eigenvalue weighted by molar-refractivity contribution is -0.150. The second kappa shape index (κ2) is 53.0. The van der Waals surface area contributed by atoms with Crippen LogP contribution < -0.4 is 33.2 Å². The second-order valence-corrected chi connectivity index (χ2v) is 24.1. The summed E-state index contributed by atoms with van der Waals surface area (Å²) in [5.74, 6) is -1.77. The highest BCUT2D eigenvalue weighted by Crippen LogP contribution is 2.19. The molecule has 0 radical (unpaired) electrons. The monoisotopic (exact) mass is 1210 g/mol. The Labute approximate surface area is 518 Å². The van der Waals surface area contributed by atoms with Crippen LogP contribution in [-0.4, -0.2) is 135 Å². The van der Waals surface area contributed by atoms with Crippen LogP contribution in [0.2, 0.25) is 0 Å². The van der Waals surface area contributed by atoms with Crippen molar-refractivity contribution in [1.29, 1.82) is 0 Å². The van der Waals surface area contributed by atoms with E-state index in [0.717, 1.165) is 103 Å². The first kappa shape index (κ1) is 77.0. The van der Waals surface area contributed by atoms with E-state index in [2.05, 4.69) is 66.5 Å². The van der Waals surface area contributed by atoms with Crippen LogP contribution >= 0.6 is 0 Å². The van der Waals surface area contributed by atoms with Gasteiger partial charge in [0.25, 0.3) is 0 Å². The minimum Gasteiger partial charge on any atom is -0.466 e. The number of nitrogens with zero attached hydrogens (tertiary/aromatic N) is 4. The van der Waals surface area contributed by atoms with Gasteiger partial charge < -0.3 is 62.6 Å². The number of aromatic amines is 2. The fourth-order valence-corrected chi connectivity index (χ4v) is 10.8. The predicted molar refractivity (Wildman–Crippen MR) is 346 cm³/mol. The average Bonchev–Trinajstić information content (AvgIpc) is 4.36. The molecule has 4 atom stereocenters. The third kappa shape index (κ3) is 42.7. The van der Waals surface area contributed by atoms with Gasteiger partial charge in [0.2, 0.25) is 17.7 Å². The molecule has 0 spiro atoms. The average molecular weight is 1210 g/mol. The Bertz CT molecular complexity index is 1970. The van der Waals surface area contributed by atoms with E-state index in [1.54, 1.807) is 12.4 Å². The third-order valence-electron chi connectivity index (χ3n) is 16.0. The van der Waals surface area contributed by atoms with E-state index in [4.69, 9.17) is 26.7 Å². The minimum absolute atomic E-state index is 0.0386. The van der Waals surface area contributed by atoms with E-state index < -0.39 is 42.0 Å². The van der Waals surface area contributed by atoms with Gasteiger partial charge in [-0.25, -0.2) is 9.97 Å². The molecule has 20 nitrogen and oxygen atoms in total. The Morgan fingerprint density at radius 3 is 1.60 bits per heavy atom. The number of nitrogens with one attached hydrogen (secondary N) is 5. The van der Waals surface area contributed by atoms with E-state index in [9.17, 15) is 29.1 Å². The summed E-state index contributed by atoms with van der Waals surface area (Å²) in [5, 5.41) is 19.9. The number of carbonyl (C=O) groups excluding carboxylic acids is 5. The summed E-state index contributed by atoms with van der Waals surface area (Å²) in [4.78, 5) is 86.8. The zero-order valence-electron chi connectivity index (χ0n) is 54.0. The molecular weight excluding hydrogens is 1090 g/mol. The van der Waals surface area contributed by atoms with E-state index in [-0.39, 0.29) is 49.8 Å². The van der Waals surface area contributed by atoms with Gasteiger partial charge in [-0.2, -0.15) is 0 Å². The third-order valence-corrected chi connectivity index (χ3v) is 16.0. The predicted octanol–water partition coefficient (Wildman–Crippen LogP) is 10.6. The van der Waals surface area contributed by atoms with E-state index in [1.807, 2.05) is 0 Å². The fraction of sp³-hybridized carbons (Fsp3) is 0.818. The van der Waals surface area contributed by atoms with Gasteiger partial charge in [0.1, 0.15) is 18.2 Å². The van der Waals surface area contributed by atoms with Crippen molar-refractivity contribution >= 4 is 35.6 Å². The van der Waals surface area contributed by atoms with Gasteiger partial charge in [0.05, 0.1) is 31.4 Å². The lowest BCUT2D eigenvalue weighted by atomic mass is 10.0. The molecule has 0 fully saturated rings. The van der Waals surface area contributed by atoms with Crippen LogP contribution in [0.1, 0.15) is 276 Å². The van der Waals surface area contributed by atoms with Gasteiger partial charge in [0.15, 0.2) is 5.96 Å². The van der Waals surface area contributed by atoms with Crippen molar-refractivity contribution < 1.29 is 38.6 Å². The number of amides is 3. The molecule has 12 N–H and O–H groups in total. The van der Waals surface area contributed by atoms with Crippen LogP contribution in [0, 0.1) is 0 Å². The summed E-state index contributed by atoms with van der Waals surface area (Å²) in [6.07, 6.45) is 44.4. The molecule has 0 saturated heterocycles. The maximum absolute atomic E-state index is 13.9. The van der Waals surface area contributed by atoms with Crippen LogP contribution in [0.5, 0.6) is 0 Å². The highest BCUT2D eigenvalue weighted by atomic mass is 16.5. The molecule has 0 aliphatic rings. The van der Waals surface area contributed by atoms with Crippen molar-refractivity contribution in [2.24, 2.45) is 22.2 Å². The molecular formula is C66H122N12O8. The van der Waals surface area contributed by atoms with Crippen LogP contribution in [0.3, 0.4) is 0 Å². The maximum atomic E-state index is 13.9. The van der Waals surface area contributed by atoms with Crippen LogP contribution in [0.15, 0.2) is 30.0 Å². The van der Waals surface area contributed by atoms with Gasteiger partial charge in [-0.1, -0.05) is 162 Å². The first-order valence-electron chi connectivity index (χ1n) is 34.2.